The predicted molar refractivity (Wildman–Crippen MR) is 122 cm³/mol. The molecule has 0 radical (unpaired) electrons. The molecular weight excluding hydrogens is 455 g/mol. The predicted octanol–water partition coefficient (Wildman–Crippen LogP) is 3.70. The minimum absolute atomic E-state index is 0. The summed E-state index contributed by atoms with van der Waals surface area (Å²) in [6.07, 6.45) is 4.67. The highest BCUT2D eigenvalue weighted by atomic mass is 127. The van der Waals surface area contributed by atoms with Crippen LogP contribution in [0, 0.1) is 5.92 Å². The molecule has 27 heavy (non-hydrogen) atoms. The fourth-order valence-corrected chi connectivity index (χ4v) is 3.61. The summed E-state index contributed by atoms with van der Waals surface area (Å²) in [5, 5.41) is 3.18. The van der Waals surface area contributed by atoms with E-state index in [4.69, 9.17) is 15.2 Å². The van der Waals surface area contributed by atoms with E-state index in [0.29, 0.717) is 31.1 Å². The molecule has 0 bridgehead atoms. The van der Waals surface area contributed by atoms with E-state index in [1.807, 2.05) is 18.2 Å². The summed E-state index contributed by atoms with van der Waals surface area (Å²) in [5.41, 5.74) is 7.00. The number of nitrogens with one attached hydrogen (secondary N) is 1. The highest BCUT2D eigenvalue weighted by Gasteiger charge is 2.22. The Hall–Kier alpha value is -1.22. The Morgan fingerprint density at radius 1 is 1.22 bits per heavy atom. The number of halogens is 1. The van der Waals surface area contributed by atoms with Crippen LogP contribution in [0.4, 0.5) is 5.69 Å². The van der Waals surface area contributed by atoms with Crippen LogP contribution in [0.2, 0.25) is 0 Å². The van der Waals surface area contributed by atoms with Gasteiger partial charge in [0.05, 0.1) is 19.8 Å². The fourth-order valence-electron chi connectivity index (χ4n) is 3.61. The second kappa shape index (κ2) is 10.9. The quantitative estimate of drug-likeness (QED) is 0.376. The van der Waals surface area contributed by atoms with E-state index in [2.05, 4.69) is 29.1 Å². The van der Waals surface area contributed by atoms with Crippen LogP contribution in [0.5, 0.6) is 11.5 Å². The molecule has 1 aromatic carbocycles. The number of benzene rings is 1. The second-order valence-corrected chi connectivity index (χ2v) is 7.60. The van der Waals surface area contributed by atoms with Crippen molar-refractivity contribution in [2.45, 2.75) is 45.6 Å². The van der Waals surface area contributed by atoms with Crippen LogP contribution in [0.1, 0.15) is 39.5 Å². The minimum Gasteiger partial charge on any atom is -0.490 e. The van der Waals surface area contributed by atoms with E-state index in [1.54, 1.807) is 0 Å². The van der Waals surface area contributed by atoms with Crippen molar-refractivity contribution in [2.75, 3.05) is 38.2 Å². The third-order valence-corrected chi connectivity index (χ3v) is 4.84. The van der Waals surface area contributed by atoms with Crippen molar-refractivity contribution < 1.29 is 9.47 Å². The molecule has 6 nitrogen and oxygen atoms in total. The van der Waals surface area contributed by atoms with Crippen molar-refractivity contribution >= 4 is 35.6 Å². The zero-order valence-corrected chi connectivity index (χ0v) is 18.8. The number of aliphatic imine (C=N–C) groups is 1. The average molecular weight is 488 g/mol. The zero-order valence-electron chi connectivity index (χ0n) is 16.4. The van der Waals surface area contributed by atoms with Crippen molar-refractivity contribution in [2.24, 2.45) is 16.6 Å². The van der Waals surface area contributed by atoms with Gasteiger partial charge >= 0.3 is 0 Å². The summed E-state index contributed by atoms with van der Waals surface area (Å²) < 4.78 is 11.4. The topological polar surface area (TPSA) is 72.1 Å². The Balaban J connectivity index is 0.00000261. The van der Waals surface area contributed by atoms with Gasteiger partial charge in [-0.15, -0.1) is 24.0 Å². The van der Waals surface area contributed by atoms with Crippen molar-refractivity contribution in [3.05, 3.63) is 18.2 Å². The highest BCUT2D eigenvalue weighted by molar-refractivity contribution is 14.0. The molecule has 152 valence electrons. The van der Waals surface area contributed by atoms with Crippen LogP contribution in [0.3, 0.4) is 0 Å². The molecule has 1 fully saturated rings. The Labute approximate surface area is 179 Å². The smallest absolute Gasteiger partial charge is 0.193 e. The van der Waals surface area contributed by atoms with Gasteiger partial charge in [0.15, 0.2) is 17.5 Å². The highest BCUT2D eigenvalue weighted by Crippen LogP contribution is 2.32. The van der Waals surface area contributed by atoms with E-state index in [-0.39, 0.29) is 24.0 Å². The van der Waals surface area contributed by atoms with Gasteiger partial charge in [-0.2, -0.15) is 0 Å². The molecule has 0 saturated carbocycles. The first-order chi connectivity index (χ1) is 12.6. The number of guanidine groups is 1. The van der Waals surface area contributed by atoms with Gasteiger partial charge in [-0.1, -0.05) is 20.3 Å². The van der Waals surface area contributed by atoms with Crippen LogP contribution in [-0.2, 0) is 0 Å². The molecule has 1 unspecified atom stereocenters. The number of hydrogen-bond donors (Lipinski definition) is 2. The van der Waals surface area contributed by atoms with Crippen molar-refractivity contribution in [1.82, 2.24) is 4.90 Å². The lowest BCUT2D eigenvalue weighted by Gasteiger charge is -2.36. The van der Waals surface area contributed by atoms with Crippen LogP contribution < -0.4 is 20.5 Å². The first-order valence-corrected chi connectivity index (χ1v) is 9.82. The molecule has 0 aliphatic carbocycles. The lowest BCUT2D eigenvalue weighted by atomic mass is 10.0. The van der Waals surface area contributed by atoms with Gasteiger partial charge in [0.1, 0.15) is 0 Å². The number of anilines is 1. The van der Waals surface area contributed by atoms with Gasteiger partial charge in [-0.05, 0) is 37.4 Å². The molecule has 0 amide bonds. The molecule has 2 aliphatic rings. The molecule has 3 N–H and O–H groups in total. The van der Waals surface area contributed by atoms with Gasteiger partial charge in [0, 0.05) is 30.8 Å². The molecule has 1 aromatic rings. The Morgan fingerprint density at radius 2 is 2.00 bits per heavy atom. The summed E-state index contributed by atoms with van der Waals surface area (Å²) in [6, 6.07) is 6.29. The number of fused-ring (bicyclic) bond motifs is 1. The van der Waals surface area contributed by atoms with Crippen LogP contribution >= 0.6 is 24.0 Å². The maximum atomic E-state index is 6.12. The monoisotopic (exact) mass is 488 g/mol. The first kappa shape index (κ1) is 22.1. The number of nitrogens with two attached hydrogens (primary N) is 1. The van der Waals surface area contributed by atoms with Gasteiger partial charge in [-0.25, -0.2) is 0 Å². The van der Waals surface area contributed by atoms with Crippen molar-refractivity contribution in [3.8, 4) is 11.5 Å². The van der Waals surface area contributed by atoms with E-state index in [1.165, 1.54) is 25.8 Å². The maximum absolute atomic E-state index is 6.12. The zero-order chi connectivity index (χ0) is 18.4. The molecule has 7 heteroatoms. The molecule has 0 aromatic heterocycles. The maximum Gasteiger partial charge on any atom is 0.193 e. The largest absolute Gasteiger partial charge is 0.490 e. The number of nitrogens with zero attached hydrogens (tertiary/aromatic N) is 2. The van der Waals surface area contributed by atoms with E-state index in [0.717, 1.165) is 36.7 Å². The number of piperidine rings is 1. The van der Waals surface area contributed by atoms with Crippen LogP contribution in [-0.4, -0.2) is 49.7 Å². The normalized spacial score (nSPS) is 20.7. The van der Waals surface area contributed by atoms with Crippen LogP contribution in [0.25, 0.3) is 0 Å². The van der Waals surface area contributed by atoms with E-state index in [9.17, 15) is 0 Å². The van der Waals surface area contributed by atoms with Crippen molar-refractivity contribution in [1.29, 1.82) is 0 Å². The van der Waals surface area contributed by atoms with E-state index >= 15 is 0 Å². The van der Waals surface area contributed by atoms with Crippen LogP contribution in [0.15, 0.2) is 23.2 Å². The summed E-state index contributed by atoms with van der Waals surface area (Å²) >= 11 is 0. The average Bonchev–Trinajstić information content (AvgIpc) is 2.85. The Bertz CT molecular complexity index is 624. The van der Waals surface area contributed by atoms with Gasteiger partial charge in [0.25, 0.3) is 0 Å². The number of likely N-dealkylation sites (tertiary alicyclic amines) is 1. The van der Waals surface area contributed by atoms with E-state index < -0.39 is 0 Å². The summed E-state index contributed by atoms with van der Waals surface area (Å²) in [5.74, 6) is 2.68. The molecule has 0 spiro atoms. The number of hydrogen-bond acceptors (Lipinski definition) is 4. The SMILES string of the molecule is CC(C)CN1CCCCC1CN=C(N)Nc1ccc2c(c1)OCCCO2.I. The van der Waals surface area contributed by atoms with Gasteiger partial charge in [-0.3, -0.25) is 9.89 Å². The Morgan fingerprint density at radius 3 is 2.78 bits per heavy atom. The lowest BCUT2D eigenvalue weighted by molar-refractivity contribution is 0.137. The first-order valence-electron chi connectivity index (χ1n) is 9.82. The van der Waals surface area contributed by atoms with Gasteiger partial charge < -0.3 is 20.5 Å². The standard InChI is InChI=1S/C20H32N4O2.HI/c1-15(2)14-24-9-4-3-6-17(24)13-22-20(21)23-16-7-8-18-19(12-16)26-11-5-10-25-18;/h7-8,12,15,17H,3-6,9-11,13-14H2,1-2H3,(H3,21,22,23);1H. The molecule has 2 aliphatic heterocycles. The summed E-state index contributed by atoms with van der Waals surface area (Å²) in [6.45, 7) is 8.97. The molecular formula is C20H33IN4O2. The van der Waals surface area contributed by atoms with Gasteiger partial charge in [0.2, 0.25) is 0 Å². The third kappa shape index (κ3) is 6.71. The number of ether oxygens (including phenoxy) is 2. The minimum atomic E-state index is 0. The molecule has 1 atom stereocenters. The Kier molecular flexibility index (Phi) is 8.95. The summed E-state index contributed by atoms with van der Waals surface area (Å²) in [4.78, 5) is 7.17. The summed E-state index contributed by atoms with van der Waals surface area (Å²) in [7, 11) is 0. The second-order valence-electron chi connectivity index (χ2n) is 7.60. The molecule has 3 rings (SSSR count). The third-order valence-electron chi connectivity index (χ3n) is 4.84. The van der Waals surface area contributed by atoms with Crippen molar-refractivity contribution in [3.63, 3.8) is 0 Å². The lowest BCUT2D eigenvalue weighted by Crippen LogP contribution is -2.43. The number of rotatable bonds is 5. The molecule has 1 saturated heterocycles. The molecule has 2 heterocycles. The fraction of sp³-hybridized carbons (Fsp3) is 0.650.